The lowest BCUT2D eigenvalue weighted by Crippen LogP contribution is -2.10. The van der Waals surface area contributed by atoms with Crippen molar-refractivity contribution in [3.63, 3.8) is 0 Å². The molecule has 0 unspecified atom stereocenters. The SMILES string of the molecule is COc1cc(/C=C2\N=C(c3ccc(-c4ccccc4)cc3)OC2=O)cc(I)c1OC(=O)c1cccc(C)c1. The van der Waals surface area contributed by atoms with E-state index in [4.69, 9.17) is 14.2 Å². The van der Waals surface area contributed by atoms with Gasteiger partial charge in [-0.25, -0.2) is 14.6 Å². The van der Waals surface area contributed by atoms with Crippen molar-refractivity contribution in [3.05, 3.63) is 123 Å². The van der Waals surface area contributed by atoms with Crippen molar-refractivity contribution in [3.8, 4) is 22.6 Å². The Kier molecular flexibility index (Phi) is 7.37. The van der Waals surface area contributed by atoms with Gasteiger partial charge in [0.05, 0.1) is 16.2 Å². The summed E-state index contributed by atoms with van der Waals surface area (Å²) in [5.74, 6) is -0.125. The molecule has 0 N–H and O–H groups in total. The van der Waals surface area contributed by atoms with Crippen LogP contribution in [0.1, 0.15) is 27.0 Å². The number of carbonyl (C=O) groups excluding carboxylic acids is 2. The molecule has 0 saturated heterocycles. The van der Waals surface area contributed by atoms with E-state index in [-0.39, 0.29) is 11.6 Å². The van der Waals surface area contributed by atoms with Crippen LogP contribution < -0.4 is 9.47 Å². The summed E-state index contributed by atoms with van der Waals surface area (Å²) in [5, 5.41) is 0. The van der Waals surface area contributed by atoms with Gasteiger partial charge in [0, 0.05) is 5.56 Å². The van der Waals surface area contributed by atoms with Crippen LogP contribution in [0, 0.1) is 10.5 Å². The minimum absolute atomic E-state index is 0.162. The standard InChI is InChI=1S/C31H22INO5/c1-19-7-6-10-24(15-19)30(34)37-28-25(32)16-20(18-27(28)36-2)17-26-31(35)38-29(33-26)23-13-11-22(12-14-23)21-8-4-3-5-9-21/h3-18H,1-2H3/b26-17-. The number of ether oxygens (including phenoxy) is 3. The Morgan fingerprint density at radius 3 is 2.32 bits per heavy atom. The van der Waals surface area contributed by atoms with Gasteiger partial charge in [-0.2, -0.15) is 0 Å². The molecule has 1 heterocycles. The third-order valence-electron chi connectivity index (χ3n) is 5.86. The van der Waals surface area contributed by atoms with Crippen LogP contribution >= 0.6 is 22.6 Å². The zero-order chi connectivity index (χ0) is 26.6. The Bertz CT molecular complexity index is 1590. The lowest BCUT2D eigenvalue weighted by Gasteiger charge is -2.12. The highest BCUT2D eigenvalue weighted by Crippen LogP contribution is 2.35. The van der Waals surface area contributed by atoms with E-state index < -0.39 is 11.9 Å². The number of cyclic esters (lactones) is 1. The molecule has 38 heavy (non-hydrogen) atoms. The molecule has 0 atom stereocenters. The first-order chi connectivity index (χ1) is 18.4. The molecule has 1 aliphatic heterocycles. The van der Waals surface area contributed by atoms with Gasteiger partial charge in [-0.1, -0.05) is 60.2 Å². The second-order valence-electron chi connectivity index (χ2n) is 8.57. The second kappa shape index (κ2) is 11.0. The van der Waals surface area contributed by atoms with Gasteiger partial charge in [-0.15, -0.1) is 0 Å². The highest BCUT2D eigenvalue weighted by molar-refractivity contribution is 14.1. The van der Waals surface area contributed by atoms with Crippen LogP contribution in [-0.2, 0) is 9.53 Å². The van der Waals surface area contributed by atoms with Crippen LogP contribution in [0.25, 0.3) is 17.2 Å². The largest absolute Gasteiger partial charge is 0.493 e. The fraction of sp³-hybridized carbons (Fsp3) is 0.0645. The molecule has 0 amide bonds. The highest BCUT2D eigenvalue weighted by Gasteiger charge is 2.25. The molecule has 5 rings (SSSR count). The molecule has 0 saturated carbocycles. The molecule has 6 nitrogen and oxygen atoms in total. The first-order valence-corrected chi connectivity index (χ1v) is 12.8. The molecule has 0 fully saturated rings. The third-order valence-corrected chi connectivity index (χ3v) is 6.66. The molecule has 0 radical (unpaired) electrons. The molecular formula is C31H22INO5. The van der Waals surface area contributed by atoms with Gasteiger partial charge in [-0.05, 0) is 88.7 Å². The summed E-state index contributed by atoms with van der Waals surface area (Å²) in [6, 6.07) is 28.3. The number of rotatable bonds is 6. The van der Waals surface area contributed by atoms with Crippen LogP contribution in [0.15, 0.2) is 102 Å². The third kappa shape index (κ3) is 5.52. The van der Waals surface area contributed by atoms with E-state index >= 15 is 0 Å². The Balaban J connectivity index is 1.39. The van der Waals surface area contributed by atoms with E-state index in [1.165, 1.54) is 7.11 Å². The number of esters is 2. The zero-order valence-corrected chi connectivity index (χ0v) is 22.8. The van der Waals surface area contributed by atoms with Gasteiger partial charge in [0.1, 0.15) is 0 Å². The number of hydrogen-bond acceptors (Lipinski definition) is 6. The second-order valence-corrected chi connectivity index (χ2v) is 9.73. The number of halogens is 1. The zero-order valence-electron chi connectivity index (χ0n) is 20.6. The maximum atomic E-state index is 12.7. The van der Waals surface area contributed by atoms with Crippen molar-refractivity contribution in [2.75, 3.05) is 7.11 Å². The number of carbonyl (C=O) groups is 2. The monoisotopic (exact) mass is 615 g/mol. The summed E-state index contributed by atoms with van der Waals surface area (Å²) >= 11 is 2.07. The Hall–Kier alpha value is -4.24. The molecule has 1 aliphatic rings. The summed E-state index contributed by atoms with van der Waals surface area (Å²) < 4.78 is 17.2. The van der Waals surface area contributed by atoms with Crippen molar-refractivity contribution in [1.29, 1.82) is 0 Å². The highest BCUT2D eigenvalue weighted by atomic mass is 127. The predicted molar refractivity (Wildman–Crippen MR) is 154 cm³/mol. The molecule has 0 bridgehead atoms. The maximum absolute atomic E-state index is 12.7. The van der Waals surface area contributed by atoms with Crippen LogP contribution in [-0.4, -0.2) is 24.9 Å². The summed E-state index contributed by atoms with van der Waals surface area (Å²) in [6.45, 7) is 1.91. The average molecular weight is 615 g/mol. The fourth-order valence-electron chi connectivity index (χ4n) is 3.97. The maximum Gasteiger partial charge on any atom is 0.363 e. The number of methoxy groups -OCH3 is 1. The van der Waals surface area contributed by atoms with Crippen LogP contribution in [0.2, 0.25) is 0 Å². The van der Waals surface area contributed by atoms with Gasteiger partial charge in [0.25, 0.3) is 0 Å². The first kappa shape index (κ1) is 25.4. The Labute approximate surface area is 233 Å². The van der Waals surface area contributed by atoms with Crippen molar-refractivity contribution in [2.45, 2.75) is 6.92 Å². The van der Waals surface area contributed by atoms with Gasteiger partial charge in [0.2, 0.25) is 5.90 Å². The van der Waals surface area contributed by atoms with Gasteiger partial charge in [0.15, 0.2) is 17.2 Å². The van der Waals surface area contributed by atoms with E-state index in [9.17, 15) is 9.59 Å². The molecule has 7 heteroatoms. The van der Waals surface area contributed by atoms with E-state index in [2.05, 4.69) is 27.6 Å². The number of aliphatic imine (C=N–C) groups is 1. The van der Waals surface area contributed by atoms with E-state index in [1.807, 2.05) is 67.6 Å². The first-order valence-electron chi connectivity index (χ1n) is 11.8. The fourth-order valence-corrected chi connectivity index (χ4v) is 4.71. The smallest absolute Gasteiger partial charge is 0.363 e. The van der Waals surface area contributed by atoms with Crippen LogP contribution in [0.3, 0.4) is 0 Å². The van der Waals surface area contributed by atoms with Gasteiger partial charge >= 0.3 is 11.9 Å². The van der Waals surface area contributed by atoms with Crippen molar-refractivity contribution >= 4 is 46.5 Å². The Morgan fingerprint density at radius 2 is 1.61 bits per heavy atom. The summed E-state index contributed by atoms with van der Waals surface area (Å²) in [7, 11) is 1.49. The van der Waals surface area contributed by atoms with E-state index in [0.717, 1.165) is 16.7 Å². The topological polar surface area (TPSA) is 74.2 Å². The molecule has 188 valence electrons. The Morgan fingerprint density at radius 1 is 0.895 bits per heavy atom. The van der Waals surface area contributed by atoms with Crippen LogP contribution in [0.4, 0.5) is 0 Å². The molecule has 4 aromatic carbocycles. The number of hydrogen-bond donors (Lipinski definition) is 0. The minimum Gasteiger partial charge on any atom is -0.493 e. The lowest BCUT2D eigenvalue weighted by molar-refractivity contribution is -0.129. The minimum atomic E-state index is -0.545. The summed E-state index contributed by atoms with van der Waals surface area (Å²) in [4.78, 5) is 29.7. The normalized spacial score (nSPS) is 13.7. The summed E-state index contributed by atoms with van der Waals surface area (Å²) in [6.07, 6.45) is 1.62. The molecule has 0 spiro atoms. The van der Waals surface area contributed by atoms with Crippen molar-refractivity contribution in [2.24, 2.45) is 4.99 Å². The van der Waals surface area contributed by atoms with Crippen LogP contribution in [0.5, 0.6) is 11.5 Å². The molecular weight excluding hydrogens is 593 g/mol. The quantitative estimate of drug-likeness (QED) is 0.103. The molecule has 4 aromatic rings. The molecule has 0 aliphatic carbocycles. The van der Waals surface area contributed by atoms with E-state index in [0.29, 0.717) is 31.8 Å². The predicted octanol–water partition coefficient (Wildman–Crippen LogP) is 6.84. The van der Waals surface area contributed by atoms with Gasteiger partial charge in [-0.3, -0.25) is 0 Å². The molecule has 0 aromatic heterocycles. The number of nitrogens with zero attached hydrogens (tertiary/aromatic N) is 1. The van der Waals surface area contributed by atoms with Crippen molar-refractivity contribution < 1.29 is 23.8 Å². The lowest BCUT2D eigenvalue weighted by atomic mass is 10.0. The average Bonchev–Trinajstić information content (AvgIpc) is 3.30. The van der Waals surface area contributed by atoms with Crippen molar-refractivity contribution in [1.82, 2.24) is 0 Å². The number of aryl methyl sites for hydroxylation is 1. The number of benzene rings is 4. The summed E-state index contributed by atoms with van der Waals surface area (Å²) in [5.41, 5.74) is 5.07. The van der Waals surface area contributed by atoms with Gasteiger partial charge < -0.3 is 14.2 Å². The van der Waals surface area contributed by atoms with E-state index in [1.54, 1.807) is 36.4 Å².